The molecule has 0 spiro atoms. The highest BCUT2D eigenvalue weighted by Gasteiger charge is 2.31. The van der Waals surface area contributed by atoms with Crippen LogP contribution >= 0.6 is 24.8 Å². The van der Waals surface area contributed by atoms with E-state index >= 15 is 0 Å². The highest BCUT2D eigenvalue weighted by Crippen LogP contribution is 2.38. The molecule has 4 rings (SSSR count). The first-order chi connectivity index (χ1) is 12.7. The Hall–Kier alpha value is -1.41. The van der Waals surface area contributed by atoms with Crippen molar-refractivity contribution in [2.45, 2.75) is 25.6 Å². The van der Waals surface area contributed by atoms with Gasteiger partial charge in [0.2, 0.25) is 0 Å². The van der Waals surface area contributed by atoms with Gasteiger partial charge in [0.05, 0.1) is 0 Å². The lowest BCUT2D eigenvalue weighted by atomic mass is 9.94. The van der Waals surface area contributed by atoms with Gasteiger partial charge in [-0.3, -0.25) is 4.90 Å². The lowest BCUT2D eigenvalue weighted by Crippen LogP contribution is -2.47. The second-order valence-corrected chi connectivity index (χ2v) is 7.35. The van der Waals surface area contributed by atoms with Crippen molar-refractivity contribution in [2.24, 2.45) is 5.92 Å². The van der Waals surface area contributed by atoms with Crippen LogP contribution in [0.5, 0.6) is 11.5 Å². The second-order valence-electron chi connectivity index (χ2n) is 7.35. The molecule has 0 saturated carbocycles. The Labute approximate surface area is 178 Å². The summed E-state index contributed by atoms with van der Waals surface area (Å²) in [4.78, 5) is 15.9. The maximum absolute atomic E-state index is 11.0. The minimum absolute atomic E-state index is 0. The number of rotatable bonds is 5. The van der Waals surface area contributed by atoms with E-state index in [1.807, 2.05) is 12.1 Å². The molecule has 1 atom stereocenters. The summed E-state index contributed by atoms with van der Waals surface area (Å²) in [5.41, 5.74) is 1.07. The van der Waals surface area contributed by atoms with Crippen molar-refractivity contribution >= 4 is 36.5 Å². The zero-order chi connectivity index (χ0) is 17.9. The minimum Gasteiger partial charge on any atom is -0.476 e. The van der Waals surface area contributed by atoms with Crippen molar-refractivity contribution in [2.75, 3.05) is 50.7 Å². The van der Waals surface area contributed by atoms with Crippen LogP contribution in [0.3, 0.4) is 0 Å². The summed E-state index contributed by atoms with van der Waals surface area (Å²) in [6.07, 6.45) is 2.71. The third kappa shape index (κ3) is 5.35. The van der Waals surface area contributed by atoms with Crippen LogP contribution in [0.2, 0.25) is 0 Å². The average molecular weight is 434 g/mol. The van der Waals surface area contributed by atoms with Crippen LogP contribution in [0, 0.1) is 5.92 Å². The molecule has 3 aliphatic heterocycles. The summed E-state index contributed by atoms with van der Waals surface area (Å²) in [6.45, 7) is 7.63. The van der Waals surface area contributed by atoms with Gasteiger partial charge in [-0.25, -0.2) is 4.79 Å². The van der Waals surface area contributed by atoms with Gasteiger partial charge in [0.15, 0.2) is 11.5 Å². The Morgan fingerprint density at radius 3 is 2.43 bits per heavy atom. The summed E-state index contributed by atoms with van der Waals surface area (Å²) in [5, 5.41) is 12.4. The number of aliphatic carboxylic acids is 1. The van der Waals surface area contributed by atoms with Gasteiger partial charge in [0.1, 0.15) is 0 Å². The fourth-order valence-electron chi connectivity index (χ4n) is 4.00. The number of nitrogens with zero attached hydrogens (tertiary/aromatic N) is 2. The van der Waals surface area contributed by atoms with E-state index in [1.54, 1.807) is 6.07 Å². The summed E-state index contributed by atoms with van der Waals surface area (Å²) >= 11 is 0. The number of nitrogens with one attached hydrogen (secondary N) is 1. The quantitative estimate of drug-likeness (QED) is 0.736. The molecule has 0 aromatic heterocycles. The lowest BCUT2D eigenvalue weighted by Gasteiger charge is -2.37. The number of fused-ring (bicyclic) bond motifs is 1. The van der Waals surface area contributed by atoms with E-state index in [1.165, 1.54) is 38.9 Å². The van der Waals surface area contributed by atoms with Gasteiger partial charge in [-0.2, -0.15) is 0 Å². The zero-order valence-electron chi connectivity index (χ0n) is 15.8. The normalized spacial score (nSPS) is 22.3. The Bertz CT molecular complexity index is 650. The van der Waals surface area contributed by atoms with Gasteiger partial charge in [-0.15, -0.1) is 24.8 Å². The smallest absolute Gasteiger partial charge is 0.387 e. The molecule has 28 heavy (non-hydrogen) atoms. The summed E-state index contributed by atoms with van der Waals surface area (Å²) in [7, 11) is 0. The monoisotopic (exact) mass is 433 g/mol. The second kappa shape index (κ2) is 10.4. The largest absolute Gasteiger partial charge is 0.476 e. The number of benzene rings is 1. The molecule has 2 saturated heterocycles. The van der Waals surface area contributed by atoms with Gasteiger partial charge < -0.3 is 24.8 Å². The molecule has 1 unspecified atom stereocenters. The Kier molecular flexibility index (Phi) is 8.49. The molecule has 1 aromatic carbocycles. The van der Waals surface area contributed by atoms with Crippen LogP contribution in [0.25, 0.3) is 0 Å². The highest BCUT2D eigenvalue weighted by molar-refractivity contribution is 5.85. The molecule has 1 aromatic rings. The van der Waals surface area contributed by atoms with Crippen molar-refractivity contribution < 1.29 is 19.4 Å². The van der Waals surface area contributed by atoms with Crippen LogP contribution < -0.4 is 19.7 Å². The fraction of sp³-hybridized carbons (Fsp3) is 0.632. The maximum atomic E-state index is 11.0. The molecular formula is C19H29Cl2N3O4. The number of ether oxygens (including phenoxy) is 2. The van der Waals surface area contributed by atoms with Crippen LogP contribution in [0.1, 0.15) is 19.3 Å². The molecule has 3 aliphatic rings. The molecule has 9 heteroatoms. The zero-order valence-corrected chi connectivity index (χ0v) is 17.5. The SMILES string of the molecule is Cl.Cl.O=C(O)C1Oc2ccc(N3CCN(CCC4CCNCC4)CC3)cc2O1. The van der Waals surface area contributed by atoms with Crippen LogP contribution in [-0.4, -0.2) is 68.1 Å². The van der Waals surface area contributed by atoms with Gasteiger partial charge in [-0.1, -0.05) is 0 Å². The van der Waals surface area contributed by atoms with E-state index in [2.05, 4.69) is 15.1 Å². The standard InChI is InChI=1S/C19H27N3O4.2ClH/c23-18(24)19-25-16-2-1-15(13-17(16)26-19)22-11-9-21(10-12-22)8-5-14-3-6-20-7-4-14;;/h1-2,13-14,19-20H,3-12H2,(H,23,24);2*1H. The number of carboxylic acid groups (broad SMARTS) is 1. The Morgan fingerprint density at radius 1 is 1.07 bits per heavy atom. The van der Waals surface area contributed by atoms with E-state index < -0.39 is 12.3 Å². The van der Waals surface area contributed by atoms with E-state index in [0.717, 1.165) is 37.8 Å². The van der Waals surface area contributed by atoms with Gasteiger partial charge in [0, 0.05) is 37.9 Å². The first-order valence-corrected chi connectivity index (χ1v) is 9.57. The Morgan fingerprint density at radius 2 is 1.75 bits per heavy atom. The number of hydrogen-bond acceptors (Lipinski definition) is 6. The van der Waals surface area contributed by atoms with Gasteiger partial charge in [-0.05, 0) is 56.9 Å². The van der Waals surface area contributed by atoms with Crippen molar-refractivity contribution in [1.82, 2.24) is 10.2 Å². The maximum Gasteiger partial charge on any atom is 0.387 e. The van der Waals surface area contributed by atoms with Crippen LogP contribution in [0.4, 0.5) is 5.69 Å². The van der Waals surface area contributed by atoms with Gasteiger partial charge in [0.25, 0.3) is 0 Å². The van der Waals surface area contributed by atoms with Crippen molar-refractivity contribution in [3.05, 3.63) is 18.2 Å². The van der Waals surface area contributed by atoms with E-state index in [-0.39, 0.29) is 24.8 Å². The number of piperazine rings is 1. The average Bonchev–Trinajstić information content (AvgIpc) is 3.11. The topological polar surface area (TPSA) is 74.3 Å². The van der Waals surface area contributed by atoms with Crippen molar-refractivity contribution in [3.63, 3.8) is 0 Å². The van der Waals surface area contributed by atoms with Crippen LogP contribution in [-0.2, 0) is 4.79 Å². The molecule has 3 heterocycles. The number of carbonyl (C=O) groups is 1. The Balaban J connectivity index is 0.00000140. The number of hydrogen-bond donors (Lipinski definition) is 2. The minimum atomic E-state index is -1.23. The predicted octanol–water partition coefficient (Wildman–Crippen LogP) is 2.22. The summed E-state index contributed by atoms with van der Waals surface area (Å²) in [5.74, 6) is 0.792. The molecule has 0 radical (unpaired) electrons. The molecular weight excluding hydrogens is 405 g/mol. The molecule has 0 amide bonds. The molecule has 0 bridgehead atoms. The summed E-state index contributed by atoms with van der Waals surface area (Å²) in [6, 6.07) is 5.68. The number of piperidine rings is 1. The lowest BCUT2D eigenvalue weighted by molar-refractivity contribution is -0.154. The fourth-order valence-corrected chi connectivity index (χ4v) is 4.00. The number of halogens is 2. The molecule has 2 N–H and O–H groups in total. The molecule has 7 nitrogen and oxygen atoms in total. The van der Waals surface area contributed by atoms with Crippen molar-refractivity contribution in [1.29, 1.82) is 0 Å². The van der Waals surface area contributed by atoms with Crippen molar-refractivity contribution in [3.8, 4) is 11.5 Å². The number of carboxylic acids is 1. The molecule has 2 fully saturated rings. The van der Waals surface area contributed by atoms with Gasteiger partial charge >= 0.3 is 12.3 Å². The first kappa shape index (κ1) is 22.9. The van der Waals surface area contributed by atoms with E-state index in [9.17, 15) is 4.79 Å². The molecule has 158 valence electrons. The predicted molar refractivity (Wildman–Crippen MR) is 112 cm³/mol. The summed E-state index contributed by atoms with van der Waals surface area (Å²) < 4.78 is 10.6. The van der Waals surface area contributed by atoms with E-state index in [0.29, 0.717) is 11.5 Å². The third-order valence-corrected chi connectivity index (χ3v) is 5.65. The third-order valence-electron chi connectivity index (χ3n) is 5.65. The molecule has 0 aliphatic carbocycles. The highest BCUT2D eigenvalue weighted by atomic mass is 35.5. The van der Waals surface area contributed by atoms with E-state index in [4.69, 9.17) is 14.6 Å². The number of anilines is 1. The first-order valence-electron chi connectivity index (χ1n) is 9.57. The van der Waals surface area contributed by atoms with Crippen LogP contribution in [0.15, 0.2) is 18.2 Å².